The average molecular weight is 587 g/mol. The number of carbonyl (C=O) groups excluding carboxylic acids is 1. The number of benzene rings is 3. The van der Waals surface area contributed by atoms with E-state index in [0.29, 0.717) is 6.42 Å². The Balaban J connectivity index is 1.14. The summed E-state index contributed by atoms with van der Waals surface area (Å²) < 4.78 is 7.59. The van der Waals surface area contributed by atoms with Crippen molar-refractivity contribution >= 4 is 45.1 Å². The molecule has 1 amide bonds. The molecule has 0 aliphatic carbocycles. The largest absolute Gasteiger partial charge is 0.378 e. The first-order valence-electron chi connectivity index (χ1n) is 14.3. The lowest BCUT2D eigenvalue weighted by atomic mass is 10.0. The lowest BCUT2D eigenvalue weighted by Crippen LogP contribution is -2.36. The molecular weight excluding hydrogens is 556 g/mol. The van der Waals surface area contributed by atoms with Gasteiger partial charge in [0, 0.05) is 59.1 Å². The maximum atomic E-state index is 12.8. The molecule has 0 radical (unpaired) electrons. The Morgan fingerprint density at radius 1 is 0.884 bits per heavy atom. The Kier molecular flexibility index (Phi) is 7.56. The lowest BCUT2D eigenvalue weighted by Gasteiger charge is -2.28. The van der Waals surface area contributed by atoms with Gasteiger partial charge in [0.15, 0.2) is 4.96 Å². The molecule has 4 heterocycles. The van der Waals surface area contributed by atoms with E-state index in [1.165, 1.54) is 5.69 Å². The normalized spacial score (nSPS) is 13.3. The molecule has 0 saturated carbocycles. The van der Waals surface area contributed by atoms with E-state index < -0.39 is 0 Å². The summed E-state index contributed by atoms with van der Waals surface area (Å²) in [6, 6.07) is 30.1. The number of nitrogens with one attached hydrogen (secondary N) is 2. The van der Waals surface area contributed by atoms with Gasteiger partial charge in [-0.2, -0.15) is 0 Å². The molecule has 1 saturated heterocycles. The average Bonchev–Trinajstić information content (AvgIpc) is 3.65. The smallest absolute Gasteiger partial charge is 0.228 e. The molecule has 0 spiro atoms. The molecule has 3 aromatic carbocycles. The number of carbonyl (C=O) groups is 1. The molecule has 0 bridgehead atoms. The van der Waals surface area contributed by atoms with Crippen LogP contribution in [0.1, 0.15) is 5.56 Å². The van der Waals surface area contributed by atoms with Gasteiger partial charge in [0.2, 0.25) is 5.91 Å². The van der Waals surface area contributed by atoms with Crippen molar-refractivity contribution in [3.63, 3.8) is 0 Å². The first-order valence-corrected chi connectivity index (χ1v) is 15.1. The van der Waals surface area contributed by atoms with Crippen LogP contribution >= 0.6 is 11.3 Å². The summed E-state index contributed by atoms with van der Waals surface area (Å²) >= 11 is 1.59. The summed E-state index contributed by atoms with van der Waals surface area (Å²) in [6.45, 7) is 3.34. The van der Waals surface area contributed by atoms with E-state index in [0.717, 1.165) is 76.5 Å². The van der Waals surface area contributed by atoms with Crippen molar-refractivity contribution in [2.75, 3.05) is 41.8 Å². The minimum Gasteiger partial charge on any atom is -0.378 e. The van der Waals surface area contributed by atoms with Crippen molar-refractivity contribution in [2.24, 2.45) is 0 Å². The number of aromatic nitrogens is 3. The predicted octanol–water partition coefficient (Wildman–Crippen LogP) is 6.89. The molecule has 3 aromatic heterocycles. The summed E-state index contributed by atoms with van der Waals surface area (Å²) in [5, 5.41) is 8.54. The van der Waals surface area contributed by atoms with Gasteiger partial charge in [0.05, 0.1) is 31.0 Å². The number of nitrogens with zero attached hydrogens (tertiary/aromatic N) is 4. The van der Waals surface area contributed by atoms with E-state index in [1.54, 1.807) is 11.3 Å². The molecule has 8 nitrogen and oxygen atoms in total. The highest BCUT2D eigenvalue weighted by molar-refractivity contribution is 7.15. The molecule has 6 aromatic rings. The number of ether oxygens (including phenoxy) is 1. The van der Waals surface area contributed by atoms with E-state index in [1.807, 2.05) is 84.5 Å². The number of imidazole rings is 1. The number of morpholine rings is 1. The Labute approximate surface area is 253 Å². The van der Waals surface area contributed by atoms with Gasteiger partial charge in [-0.15, -0.1) is 11.3 Å². The van der Waals surface area contributed by atoms with Gasteiger partial charge in [-0.05, 0) is 54.1 Å². The van der Waals surface area contributed by atoms with Crippen LogP contribution in [0.5, 0.6) is 0 Å². The van der Waals surface area contributed by atoms with Crippen molar-refractivity contribution in [3.05, 3.63) is 114 Å². The topological polar surface area (TPSA) is 83.8 Å². The Morgan fingerprint density at radius 3 is 2.56 bits per heavy atom. The molecule has 0 unspecified atom stereocenters. The zero-order chi connectivity index (χ0) is 29.0. The zero-order valence-corrected chi connectivity index (χ0v) is 24.3. The molecule has 1 aliphatic rings. The van der Waals surface area contributed by atoms with Crippen LogP contribution in [0.3, 0.4) is 0 Å². The van der Waals surface area contributed by atoms with Gasteiger partial charge in [0.25, 0.3) is 0 Å². The minimum absolute atomic E-state index is 0.0581. The SMILES string of the molecule is O=C(Cc1ccccc1)Nc1cccc(-c2nc3sccn3c2-c2ccnc(Nc3ccc(N4CCOCC4)cc3)c2)c1. The molecule has 0 atom stereocenters. The summed E-state index contributed by atoms with van der Waals surface area (Å²) in [5.74, 6) is 0.687. The lowest BCUT2D eigenvalue weighted by molar-refractivity contribution is -0.115. The van der Waals surface area contributed by atoms with E-state index in [2.05, 4.69) is 49.2 Å². The molecule has 7 rings (SSSR count). The molecule has 1 fully saturated rings. The summed E-state index contributed by atoms with van der Waals surface area (Å²) in [6.07, 6.45) is 4.17. The maximum absolute atomic E-state index is 12.8. The second-order valence-electron chi connectivity index (χ2n) is 10.4. The molecule has 9 heteroatoms. The summed E-state index contributed by atoms with van der Waals surface area (Å²) in [4.78, 5) is 25.6. The third kappa shape index (κ3) is 5.99. The van der Waals surface area contributed by atoms with Gasteiger partial charge < -0.3 is 20.3 Å². The first kappa shape index (κ1) is 26.9. The highest BCUT2D eigenvalue weighted by Gasteiger charge is 2.18. The standard InChI is InChI=1S/C34H30N6O2S/c41-31(21-24-5-2-1-3-6-24)37-28-8-4-7-25(22-28)32-33(40-17-20-43-34(40)38-32)26-13-14-35-30(23-26)36-27-9-11-29(12-10-27)39-15-18-42-19-16-39/h1-14,17,20,22-23H,15-16,18-19,21H2,(H,35,36)(H,37,41). The van der Waals surface area contributed by atoms with Crippen molar-refractivity contribution in [3.8, 4) is 22.5 Å². The third-order valence-electron chi connectivity index (χ3n) is 7.44. The van der Waals surface area contributed by atoms with Crippen LogP contribution in [0.25, 0.3) is 27.5 Å². The number of fused-ring (bicyclic) bond motifs is 1. The van der Waals surface area contributed by atoms with Crippen LogP contribution < -0.4 is 15.5 Å². The first-order chi connectivity index (χ1) is 21.2. The van der Waals surface area contributed by atoms with Crippen molar-refractivity contribution in [1.29, 1.82) is 0 Å². The van der Waals surface area contributed by atoms with Crippen molar-refractivity contribution < 1.29 is 9.53 Å². The Hall–Kier alpha value is -4.99. The number of pyridine rings is 1. The van der Waals surface area contributed by atoms with Gasteiger partial charge in [0.1, 0.15) is 5.82 Å². The number of anilines is 4. The number of hydrogen-bond donors (Lipinski definition) is 2. The summed E-state index contributed by atoms with van der Waals surface area (Å²) in [7, 11) is 0. The Bertz CT molecular complexity index is 1860. The van der Waals surface area contributed by atoms with Gasteiger partial charge in [-0.25, -0.2) is 9.97 Å². The fourth-order valence-electron chi connectivity index (χ4n) is 5.36. The fraction of sp³-hybridized carbons (Fsp3) is 0.147. The molecular formula is C34H30N6O2S. The summed E-state index contributed by atoms with van der Waals surface area (Å²) in [5.41, 5.74) is 7.60. The van der Waals surface area contributed by atoms with Crippen LogP contribution in [-0.2, 0) is 16.0 Å². The second-order valence-corrected chi connectivity index (χ2v) is 11.2. The van der Waals surface area contributed by atoms with Crippen molar-refractivity contribution in [2.45, 2.75) is 6.42 Å². The molecule has 214 valence electrons. The highest BCUT2D eigenvalue weighted by atomic mass is 32.1. The fourth-order valence-corrected chi connectivity index (χ4v) is 6.08. The van der Waals surface area contributed by atoms with Crippen molar-refractivity contribution in [1.82, 2.24) is 14.4 Å². The van der Waals surface area contributed by atoms with Crippen LogP contribution in [0, 0.1) is 0 Å². The molecule has 43 heavy (non-hydrogen) atoms. The molecule has 2 N–H and O–H groups in total. The number of rotatable bonds is 8. The van der Waals surface area contributed by atoms with E-state index >= 15 is 0 Å². The van der Waals surface area contributed by atoms with Gasteiger partial charge in [-0.3, -0.25) is 9.20 Å². The minimum atomic E-state index is -0.0581. The molecule has 1 aliphatic heterocycles. The number of amides is 1. The van der Waals surface area contributed by atoms with Crippen LogP contribution in [0.15, 0.2) is 109 Å². The Morgan fingerprint density at radius 2 is 1.72 bits per heavy atom. The number of thiazole rings is 1. The highest BCUT2D eigenvalue weighted by Crippen LogP contribution is 2.36. The third-order valence-corrected chi connectivity index (χ3v) is 8.20. The predicted molar refractivity (Wildman–Crippen MR) is 173 cm³/mol. The monoisotopic (exact) mass is 586 g/mol. The van der Waals surface area contributed by atoms with E-state index in [4.69, 9.17) is 9.72 Å². The quantitative estimate of drug-likeness (QED) is 0.202. The van der Waals surface area contributed by atoms with Gasteiger partial charge >= 0.3 is 0 Å². The van der Waals surface area contributed by atoms with E-state index in [9.17, 15) is 4.79 Å². The maximum Gasteiger partial charge on any atom is 0.228 e. The van der Waals surface area contributed by atoms with Gasteiger partial charge in [-0.1, -0.05) is 42.5 Å². The van der Waals surface area contributed by atoms with Crippen LogP contribution in [0.2, 0.25) is 0 Å². The van der Waals surface area contributed by atoms with Crippen LogP contribution in [0.4, 0.5) is 22.9 Å². The van der Waals surface area contributed by atoms with Crippen LogP contribution in [-0.4, -0.2) is 46.6 Å². The number of hydrogen-bond acceptors (Lipinski definition) is 7. The zero-order valence-electron chi connectivity index (χ0n) is 23.4. The second kappa shape index (κ2) is 12.1. The van der Waals surface area contributed by atoms with E-state index in [-0.39, 0.29) is 5.91 Å².